The van der Waals surface area contributed by atoms with Crippen molar-refractivity contribution in [2.45, 2.75) is 12.2 Å². The Balaban J connectivity index is 1.98. The van der Waals surface area contributed by atoms with Crippen molar-refractivity contribution < 1.29 is 41.7 Å². The summed E-state index contributed by atoms with van der Waals surface area (Å²) < 4.78 is 64.5. The molecular formula is C26H19F4NO5. The second-order valence-corrected chi connectivity index (χ2v) is 7.83. The number of aliphatic hydroxyl groups is 1. The van der Waals surface area contributed by atoms with Crippen molar-refractivity contribution in [1.82, 2.24) is 0 Å². The van der Waals surface area contributed by atoms with Gasteiger partial charge in [-0.3, -0.25) is 14.5 Å². The van der Waals surface area contributed by atoms with Gasteiger partial charge in [0.05, 0.1) is 37.0 Å². The number of carbonyl (C=O) groups excluding carboxylic acids is 2. The number of hydrogen-bond donors (Lipinski definition) is 1. The van der Waals surface area contributed by atoms with Crippen LogP contribution in [0.25, 0.3) is 5.76 Å². The first-order valence-corrected chi connectivity index (χ1v) is 10.5. The quantitative estimate of drug-likeness (QED) is 0.217. The molecule has 1 unspecified atom stereocenters. The number of amides is 1. The molecule has 0 bridgehead atoms. The monoisotopic (exact) mass is 501 g/mol. The van der Waals surface area contributed by atoms with E-state index in [0.29, 0.717) is 11.3 Å². The molecule has 186 valence electrons. The summed E-state index contributed by atoms with van der Waals surface area (Å²) in [4.78, 5) is 27.2. The van der Waals surface area contributed by atoms with E-state index in [9.17, 15) is 32.3 Å². The summed E-state index contributed by atoms with van der Waals surface area (Å²) in [6, 6.07) is 11.9. The number of anilines is 1. The van der Waals surface area contributed by atoms with Gasteiger partial charge in [0.15, 0.2) is 0 Å². The molecule has 1 fully saturated rings. The molecule has 0 saturated carbocycles. The number of ether oxygens (including phenoxy) is 2. The van der Waals surface area contributed by atoms with Crippen LogP contribution in [0.1, 0.15) is 22.7 Å². The third kappa shape index (κ3) is 4.37. The summed E-state index contributed by atoms with van der Waals surface area (Å²) >= 11 is 0. The number of hydrogen-bond acceptors (Lipinski definition) is 5. The van der Waals surface area contributed by atoms with Gasteiger partial charge in [0.25, 0.3) is 11.7 Å². The fraction of sp³-hybridized carbons (Fsp3) is 0.154. The normalized spacial score (nSPS) is 17.4. The maximum atomic E-state index is 14.0. The van der Waals surface area contributed by atoms with Crippen LogP contribution >= 0.6 is 0 Å². The number of nitrogens with zero attached hydrogens (tertiary/aromatic N) is 1. The van der Waals surface area contributed by atoms with E-state index < -0.39 is 46.6 Å². The van der Waals surface area contributed by atoms with Gasteiger partial charge >= 0.3 is 6.18 Å². The SMILES string of the molecule is COc1ccc(C2/C(=C(\O)c3cc(F)ccc3OC)C(=O)C(=O)N2c2cccc(C(F)(F)F)c2)cc1. The molecule has 0 aromatic heterocycles. The van der Waals surface area contributed by atoms with Crippen LogP contribution in [0.2, 0.25) is 0 Å². The van der Waals surface area contributed by atoms with Crippen LogP contribution in [0.5, 0.6) is 11.5 Å². The van der Waals surface area contributed by atoms with Crippen molar-refractivity contribution in [3.63, 3.8) is 0 Å². The van der Waals surface area contributed by atoms with Crippen LogP contribution in [-0.2, 0) is 15.8 Å². The van der Waals surface area contributed by atoms with Gasteiger partial charge in [-0.1, -0.05) is 18.2 Å². The highest BCUT2D eigenvalue weighted by Crippen LogP contribution is 2.44. The standard InChI is InChI=1S/C26H19F4NO5/c1-35-18-9-6-14(7-10-18)22-21(23(32)19-13-16(27)8-11-20(19)36-2)24(33)25(34)31(22)17-5-3-4-15(12-17)26(28,29)30/h3-13,22,32H,1-2H3/b23-21+. The van der Waals surface area contributed by atoms with Gasteiger partial charge in [0, 0.05) is 5.69 Å². The van der Waals surface area contributed by atoms with Gasteiger partial charge in [-0.15, -0.1) is 0 Å². The minimum atomic E-state index is -4.70. The van der Waals surface area contributed by atoms with Crippen LogP contribution in [0, 0.1) is 5.82 Å². The Morgan fingerprint density at radius 3 is 2.25 bits per heavy atom. The second kappa shape index (κ2) is 9.37. The molecule has 1 N–H and O–H groups in total. The first kappa shape index (κ1) is 24.8. The summed E-state index contributed by atoms with van der Waals surface area (Å²) in [6.45, 7) is 0. The highest BCUT2D eigenvalue weighted by atomic mass is 19.4. The molecule has 1 saturated heterocycles. The van der Waals surface area contributed by atoms with Gasteiger partial charge in [-0.25, -0.2) is 4.39 Å². The third-order valence-corrected chi connectivity index (χ3v) is 5.74. The minimum absolute atomic E-state index is 0.0210. The summed E-state index contributed by atoms with van der Waals surface area (Å²) in [5.74, 6) is -3.33. The highest BCUT2D eigenvalue weighted by Gasteiger charge is 2.47. The van der Waals surface area contributed by atoms with E-state index in [2.05, 4.69) is 0 Å². The lowest BCUT2D eigenvalue weighted by atomic mass is 9.94. The molecule has 3 aromatic carbocycles. The summed E-state index contributed by atoms with van der Waals surface area (Å²) in [6.07, 6.45) is -4.70. The Kier molecular flexibility index (Phi) is 6.45. The van der Waals surface area contributed by atoms with E-state index in [1.54, 1.807) is 0 Å². The zero-order chi connectivity index (χ0) is 26.2. The lowest BCUT2D eigenvalue weighted by Gasteiger charge is -2.26. The number of alkyl halides is 3. The van der Waals surface area contributed by atoms with Crippen LogP contribution < -0.4 is 14.4 Å². The number of Topliss-reactive ketones (excluding diaryl/α,β-unsaturated/α-hetero) is 1. The average molecular weight is 501 g/mol. The van der Waals surface area contributed by atoms with Crippen LogP contribution in [0.3, 0.4) is 0 Å². The Hall–Kier alpha value is -4.34. The predicted molar refractivity (Wildman–Crippen MR) is 122 cm³/mol. The molecule has 1 aliphatic rings. The lowest BCUT2D eigenvalue weighted by Crippen LogP contribution is -2.29. The minimum Gasteiger partial charge on any atom is -0.507 e. The molecular weight excluding hydrogens is 482 g/mol. The molecule has 1 atom stereocenters. The largest absolute Gasteiger partial charge is 0.507 e. The number of aliphatic hydroxyl groups excluding tert-OH is 1. The Morgan fingerprint density at radius 2 is 1.64 bits per heavy atom. The Bertz CT molecular complexity index is 1370. The topological polar surface area (TPSA) is 76.1 Å². The molecule has 1 heterocycles. The first-order chi connectivity index (χ1) is 17.1. The fourth-order valence-electron chi connectivity index (χ4n) is 4.04. The number of halogens is 4. The Labute approximate surface area is 203 Å². The van der Waals surface area contributed by atoms with Gasteiger partial charge in [0.1, 0.15) is 23.1 Å². The Morgan fingerprint density at radius 1 is 0.944 bits per heavy atom. The van der Waals surface area contributed by atoms with E-state index in [0.717, 1.165) is 35.2 Å². The van der Waals surface area contributed by atoms with E-state index in [4.69, 9.17) is 9.47 Å². The number of benzene rings is 3. The molecule has 36 heavy (non-hydrogen) atoms. The zero-order valence-electron chi connectivity index (χ0n) is 19.0. The highest BCUT2D eigenvalue weighted by molar-refractivity contribution is 6.51. The number of ketones is 1. The molecule has 4 rings (SSSR count). The van der Waals surface area contributed by atoms with Crippen molar-refractivity contribution in [3.8, 4) is 11.5 Å². The molecule has 10 heteroatoms. The van der Waals surface area contributed by atoms with Gasteiger partial charge in [-0.05, 0) is 54.1 Å². The maximum absolute atomic E-state index is 14.0. The maximum Gasteiger partial charge on any atom is 0.416 e. The van der Waals surface area contributed by atoms with E-state index in [-0.39, 0.29) is 17.0 Å². The van der Waals surface area contributed by atoms with Crippen molar-refractivity contribution in [3.05, 3.63) is 94.8 Å². The number of carbonyl (C=O) groups is 2. The smallest absolute Gasteiger partial charge is 0.416 e. The van der Waals surface area contributed by atoms with Crippen molar-refractivity contribution in [1.29, 1.82) is 0 Å². The molecule has 6 nitrogen and oxygen atoms in total. The van der Waals surface area contributed by atoms with Crippen LogP contribution in [0.15, 0.2) is 72.3 Å². The summed E-state index contributed by atoms with van der Waals surface area (Å²) in [5.41, 5.74) is -1.57. The van der Waals surface area contributed by atoms with E-state index in [1.165, 1.54) is 50.6 Å². The van der Waals surface area contributed by atoms with Gasteiger partial charge in [0.2, 0.25) is 0 Å². The van der Waals surface area contributed by atoms with Gasteiger partial charge < -0.3 is 14.6 Å². The molecule has 1 amide bonds. The molecule has 0 spiro atoms. The van der Waals surface area contributed by atoms with Crippen molar-refractivity contribution in [2.75, 3.05) is 19.1 Å². The lowest BCUT2D eigenvalue weighted by molar-refractivity contribution is -0.137. The summed E-state index contributed by atoms with van der Waals surface area (Å²) in [5, 5.41) is 11.2. The summed E-state index contributed by atoms with van der Waals surface area (Å²) in [7, 11) is 2.70. The van der Waals surface area contributed by atoms with Crippen LogP contribution in [-0.4, -0.2) is 31.0 Å². The van der Waals surface area contributed by atoms with Crippen LogP contribution in [0.4, 0.5) is 23.2 Å². The molecule has 3 aromatic rings. The van der Waals surface area contributed by atoms with E-state index >= 15 is 0 Å². The zero-order valence-corrected chi connectivity index (χ0v) is 19.0. The first-order valence-electron chi connectivity index (χ1n) is 10.5. The third-order valence-electron chi connectivity index (χ3n) is 5.74. The molecule has 0 aliphatic carbocycles. The van der Waals surface area contributed by atoms with Crippen molar-refractivity contribution in [2.24, 2.45) is 0 Å². The molecule has 1 aliphatic heterocycles. The van der Waals surface area contributed by atoms with Crippen molar-refractivity contribution >= 4 is 23.1 Å². The second-order valence-electron chi connectivity index (χ2n) is 7.83. The van der Waals surface area contributed by atoms with Gasteiger partial charge in [-0.2, -0.15) is 13.2 Å². The van der Waals surface area contributed by atoms with E-state index in [1.807, 2.05) is 0 Å². The fourth-order valence-corrected chi connectivity index (χ4v) is 4.04. The average Bonchev–Trinajstić information content (AvgIpc) is 3.13. The molecule has 0 radical (unpaired) electrons. The predicted octanol–water partition coefficient (Wildman–Crippen LogP) is 5.49. The number of rotatable bonds is 5. The number of methoxy groups -OCH3 is 2.